The van der Waals surface area contributed by atoms with E-state index in [-0.39, 0.29) is 6.03 Å². The van der Waals surface area contributed by atoms with E-state index in [4.69, 9.17) is 0 Å². The maximum atomic E-state index is 12.0. The summed E-state index contributed by atoms with van der Waals surface area (Å²) in [5.41, 5.74) is 0. The summed E-state index contributed by atoms with van der Waals surface area (Å²) in [6, 6.07) is 1.14. The molecule has 2 atom stereocenters. The minimum absolute atomic E-state index is 0.208. The number of urea groups is 1. The van der Waals surface area contributed by atoms with Gasteiger partial charge in [0.15, 0.2) is 0 Å². The van der Waals surface area contributed by atoms with Crippen molar-refractivity contribution in [2.75, 3.05) is 26.7 Å². The summed E-state index contributed by atoms with van der Waals surface area (Å²) < 4.78 is 0. The third kappa shape index (κ3) is 2.32. The number of hydrogen-bond donors (Lipinski definition) is 1. The van der Waals surface area contributed by atoms with E-state index >= 15 is 0 Å². The molecule has 4 nitrogen and oxygen atoms in total. The molecule has 2 unspecified atom stereocenters. The van der Waals surface area contributed by atoms with Crippen molar-refractivity contribution in [3.8, 4) is 0 Å². The van der Waals surface area contributed by atoms with Gasteiger partial charge in [0.2, 0.25) is 0 Å². The van der Waals surface area contributed by atoms with E-state index in [9.17, 15) is 4.79 Å². The van der Waals surface area contributed by atoms with Crippen LogP contribution >= 0.6 is 0 Å². The third-order valence-electron chi connectivity index (χ3n) is 3.88. The molecule has 2 aliphatic rings. The van der Waals surface area contributed by atoms with Crippen LogP contribution in [0.25, 0.3) is 0 Å². The monoisotopic (exact) mass is 225 g/mol. The van der Waals surface area contributed by atoms with Crippen LogP contribution in [0.5, 0.6) is 0 Å². The van der Waals surface area contributed by atoms with Crippen LogP contribution in [0.2, 0.25) is 0 Å². The van der Waals surface area contributed by atoms with E-state index in [0.29, 0.717) is 12.1 Å². The molecule has 92 valence electrons. The first-order valence-electron chi connectivity index (χ1n) is 6.47. The fourth-order valence-electron chi connectivity index (χ4n) is 2.74. The average molecular weight is 225 g/mol. The molecule has 2 fully saturated rings. The molecule has 0 aromatic rings. The predicted molar refractivity (Wildman–Crippen MR) is 64.5 cm³/mol. The highest BCUT2D eigenvalue weighted by atomic mass is 16.2. The van der Waals surface area contributed by atoms with E-state index in [1.165, 1.54) is 19.3 Å². The molecule has 16 heavy (non-hydrogen) atoms. The summed E-state index contributed by atoms with van der Waals surface area (Å²) in [5, 5.41) is 3.50. The second kappa shape index (κ2) is 5.04. The molecular weight excluding hydrogens is 202 g/mol. The second-order valence-electron chi connectivity index (χ2n) is 5.01. The molecule has 2 rings (SSSR count). The van der Waals surface area contributed by atoms with Crippen molar-refractivity contribution in [2.45, 2.75) is 44.7 Å². The summed E-state index contributed by atoms with van der Waals surface area (Å²) in [6.45, 7) is 5.06. The van der Waals surface area contributed by atoms with Crippen molar-refractivity contribution in [3.05, 3.63) is 0 Å². The van der Waals surface area contributed by atoms with E-state index in [1.807, 2.05) is 16.8 Å². The molecule has 0 aromatic carbocycles. The van der Waals surface area contributed by atoms with Gasteiger partial charge in [-0.3, -0.25) is 0 Å². The highest BCUT2D eigenvalue weighted by Gasteiger charge is 2.34. The van der Waals surface area contributed by atoms with Gasteiger partial charge in [-0.2, -0.15) is 0 Å². The molecule has 2 aliphatic heterocycles. The molecule has 0 radical (unpaired) electrons. The fraction of sp³-hybridized carbons (Fsp3) is 0.917. The highest BCUT2D eigenvalue weighted by molar-refractivity contribution is 5.76. The Morgan fingerprint density at radius 1 is 1.44 bits per heavy atom. The summed E-state index contributed by atoms with van der Waals surface area (Å²) in [5.74, 6) is 0. The van der Waals surface area contributed by atoms with Crippen LogP contribution in [0.1, 0.15) is 32.6 Å². The lowest BCUT2D eigenvalue weighted by molar-refractivity contribution is 0.189. The molecule has 0 bridgehead atoms. The molecule has 0 aliphatic carbocycles. The zero-order valence-corrected chi connectivity index (χ0v) is 10.4. The number of rotatable bonds is 3. The zero-order valence-electron chi connectivity index (χ0n) is 10.4. The summed E-state index contributed by atoms with van der Waals surface area (Å²) in [6.07, 6.45) is 4.84. The third-order valence-corrected chi connectivity index (χ3v) is 3.88. The molecule has 0 spiro atoms. The van der Waals surface area contributed by atoms with Gasteiger partial charge in [-0.25, -0.2) is 4.79 Å². The smallest absolute Gasteiger partial charge is 0.320 e. The van der Waals surface area contributed by atoms with E-state index in [2.05, 4.69) is 12.2 Å². The topological polar surface area (TPSA) is 35.6 Å². The number of hydrogen-bond acceptors (Lipinski definition) is 2. The Bertz CT molecular complexity index is 251. The Morgan fingerprint density at radius 2 is 2.25 bits per heavy atom. The molecule has 2 amide bonds. The van der Waals surface area contributed by atoms with E-state index in [0.717, 1.165) is 26.1 Å². The predicted octanol–water partition coefficient (Wildman–Crippen LogP) is 1.27. The Morgan fingerprint density at radius 3 is 2.81 bits per heavy atom. The fourth-order valence-corrected chi connectivity index (χ4v) is 2.74. The normalized spacial score (nSPS) is 31.2. The number of amides is 2. The molecule has 2 heterocycles. The van der Waals surface area contributed by atoms with Crippen molar-refractivity contribution < 1.29 is 4.79 Å². The molecule has 1 N–H and O–H groups in total. The first-order valence-corrected chi connectivity index (χ1v) is 6.47. The van der Waals surface area contributed by atoms with Crippen LogP contribution in [0, 0.1) is 0 Å². The number of carbonyl (C=O) groups is 1. The van der Waals surface area contributed by atoms with Gasteiger partial charge in [0.1, 0.15) is 0 Å². The second-order valence-corrected chi connectivity index (χ2v) is 5.01. The summed E-state index contributed by atoms with van der Waals surface area (Å²) in [7, 11) is 1.92. The standard InChI is InChI=1S/C12H23N3O/c1-3-11-9-15(12(16)14(11)2)8-10-6-4-5-7-13-10/h10-11,13H,3-9H2,1-2H3. The van der Waals surface area contributed by atoms with Crippen molar-refractivity contribution in [2.24, 2.45) is 0 Å². The van der Waals surface area contributed by atoms with E-state index in [1.54, 1.807) is 0 Å². The Hall–Kier alpha value is -0.770. The lowest BCUT2D eigenvalue weighted by atomic mass is 10.0. The van der Waals surface area contributed by atoms with Gasteiger partial charge in [-0.15, -0.1) is 0 Å². The maximum absolute atomic E-state index is 12.0. The van der Waals surface area contributed by atoms with Crippen LogP contribution in [0.4, 0.5) is 4.79 Å². The van der Waals surface area contributed by atoms with Gasteiger partial charge in [-0.05, 0) is 25.8 Å². The SMILES string of the molecule is CCC1CN(CC2CCCCN2)C(=O)N1C. The van der Waals surface area contributed by atoms with E-state index < -0.39 is 0 Å². The van der Waals surface area contributed by atoms with Gasteiger partial charge >= 0.3 is 6.03 Å². The van der Waals surface area contributed by atoms with Crippen LogP contribution in [-0.2, 0) is 0 Å². The van der Waals surface area contributed by atoms with Gasteiger partial charge in [0, 0.05) is 26.2 Å². The largest absolute Gasteiger partial charge is 0.323 e. The molecule has 0 saturated carbocycles. The van der Waals surface area contributed by atoms with Crippen molar-refractivity contribution in [3.63, 3.8) is 0 Å². The molecule has 0 aromatic heterocycles. The van der Waals surface area contributed by atoms with Crippen LogP contribution in [0.3, 0.4) is 0 Å². The van der Waals surface area contributed by atoms with Gasteiger partial charge in [-0.1, -0.05) is 13.3 Å². The highest BCUT2D eigenvalue weighted by Crippen LogP contribution is 2.18. The number of piperidine rings is 1. The van der Waals surface area contributed by atoms with Gasteiger partial charge < -0.3 is 15.1 Å². The quantitative estimate of drug-likeness (QED) is 0.785. The Labute approximate surface area is 98.0 Å². The number of carbonyl (C=O) groups excluding carboxylic acids is 1. The Balaban J connectivity index is 1.87. The summed E-state index contributed by atoms with van der Waals surface area (Å²) >= 11 is 0. The van der Waals surface area contributed by atoms with Crippen LogP contribution in [-0.4, -0.2) is 54.6 Å². The summed E-state index contributed by atoms with van der Waals surface area (Å²) in [4.78, 5) is 15.9. The van der Waals surface area contributed by atoms with Crippen LogP contribution < -0.4 is 5.32 Å². The minimum atomic E-state index is 0.208. The van der Waals surface area contributed by atoms with Crippen molar-refractivity contribution in [1.29, 1.82) is 0 Å². The first-order chi connectivity index (χ1) is 7.72. The first kappa shape index (κ1) is 11.7. The van der Waals surface area contributed by atoms with Crippen molar-refractivity contribution >= 4 is 6.03 Å². The lowest BCUT2D eigenvalue weighted by Crippen LogP contribution is -2.44. The number of nitrogens with one attached hydrogen (secondary N) is 1. The minimum Gasteiger partial charge on any atom is -0.323 e. The molecular formula is C12H23N3O. The number of likely N-dealkylation sites (N-methyl/N-ethyl adjacent to an activating group) is 1. The average Bonchev–Trinajstić information content (AvgIpc) is 2.58. The molecule has 4 heteroatoms. The maximum Gasteiger partial charge on any atom is 0.320 e. The Kier molecular flexibility index (Phi) is 3.69. The number of nitrogens with zero attached hydrogens (tertiary/aromatic N) is 2. The van der Waals surface area contributed by atoms with Gasteiger partial charge in [0.25, 0.3) is 0 Å². The molecule has 2 saturated heterocycles. The van der Waals surface area contributed by atoms with Crippen LogP contribution in [0.15, 0.2) is 0 Å². The zero-order chi connectivity index (χ0) is 11.5. The van der Waals surface area contributed by atoms with Gasteiger partial charge in [0.05, 0.1) is 6.04 Å². The lowest BCUT2D eigenvalue weighted by Gasteiger charge is -2.27. The van der Waals surface area contributed by atoms with Crippen molar-refractivity contribution in [1.82, 2.24) is 15.1 Å².